The number of hydrogen-bond donors (Lipinski definition) is 2. The van der Waals surface area contributed by atoms with Crippen molar-refractivity contribution < 1.29 is 5.11 Å². The molecule has 1 aromatic carbocycles. The van der Waals surface area contributed by atoms with Gasteiger partial charge in [0.2, 0.25) is 0 Å². The Bertz CT molecular complexity index is 472. The summed E-state index contributed by atoms with van der Waals surface area (Å²) in [5.74, 6) is 0.307. The summed E-state index contributed by atoms with van der Waals surface area (Å²) in [5.41, 5.74) is 0.873. The molecule has 0 saturated heterocycles. The van der Waals surface area contributed by atoms with E-state index in [4.69, 9.17) is 0 Å². The second kappa shape index (κ2) is 5.79. The van der Waals surface area contributed by atoms with Crippen LogP contribution in [-0.4, -0.2) is 26.6 Å². The molecule has 2 aromatic rings. The molecule has 0 bridgehead atoms. The highest BCUT2D eigenvalue weighted by atomic mass is 79.9. The lowest BCUT2D eigenvalue weighted by molar-refractivity contribution is 0.462. The van der Waals surface area contributed by atoms with E-state index in [1.54, 1.807) is 16.9 Å². The molecule has 1 aromatic heterocycles. The lowest BCUT2D eigenvalue weighted by atomic mass is 10.2. The topological polar surface area (TPSA) is 63.0 Å². The minimum Gasteiger partial charge on any atom is -0.508 e. The molecule has 0 aliphatic carbocycles. The zero-order chi connectivity index (χ0) is 12.1. The van der Waals surface area contributed by atoms with E-state index in [1.807, 2.05) is 18.3 Å². The van der Waals surface area contributed by atoms with Crippen LogP contribution in [0.4, 0.5) is 0 Å². The monoisotopic (exact) mass is 296 g/mol. The van der Waals surface area contributed by atoms with Crippen molar-refractivity contribution in [3.63, 3.8) is 0 Å². The second-order valence-electron chi connectivity index (χ2n) is 3.62. The molecule has 0 saturated carbocycles. The molecule has 6 heteroatoms. The van der Waals surface area contributed by atoms with Gasteiger partial charge in [0.15, 0.2) is 0 Å². The first-order valence-electron chi connectivity index (χ1n) is 5.28. The number of phenolic OH excluding ortho intramolecular Hbond substituents is 1. The van der Waals surface area contributed by atoms with Gasteiger partial charge in [0.05, 0.1) is 12.7 Å². The van der Waals surface area contributed by atoms with Crippen molar-refractivity contribution in [2.75, 3.05) is 6.54 Å². The molecular weight excluding hydrogens is 284 g/mol. The molecule has 1 heterocycles. The standard InChI is InChI=1S/C11H13BrN4O/c12-10-1-2-11(17)9(7-10)8-13-3-5-16-6-4-14-15-16/h1-2,4,6-7,13,17H,3,5,8H2. The maximum Gasteiger partial charge on any atom is 0.120 e. The van der Waals surface area contributed by atoms with Gasteiger partial charge < -0.3 is 10.4 Å². The van der Waals surface area contributed by atoms with Crippen LogP contribution in [0, 0.1) is 0 Å². The highest BCUT2D eigenvalue weighted by molar-refractivity contribution is 9.10. The van der Waals surface area contributed by atoms with E-state index >= 15 is 0 Å². The number of nitrogens with zero attached hydrogens (tertiary/aromatic N) is 3. The van der Waals surface area contributed by atoms with Crippen molar-refractivity contribution in [1.29, 1.82) is 0 Å². The lowest BCUT2D eigenvalue weighted by Gasteiger charge is -2.07. The van der Waals surface area contributed by atoms with Gasteiger partial charge in [-0.15, -0.1) is 5.10 Å². The molecular formula is C11H13BrN4O. The van der Waals surface area contributed by atoms with Gasteiger partial charge in [-0.05, 0) is 18.2 Å². The van der Waals surface area contributed by atoms with Gasteiger partial charge in [-0.25, -0.2) is 0 Å². The molecule has 0 aliphatic heterocycles. The number of benzene rings is 1. The van der Waals surface area contributed by atoms with E-state index in [-0.39, 0.29) is 0 Å². The quantitative estimate of drug-likeness (QED) is 0.822. The fourth-order valence-corrected chi connectivity index (χ4v) is 1.87. The predicted octanol–water partition coefficient (Wildman–Crippen LogP) is 1.54. The van der Waals surface area contributed by atoms with Crippen LogP contribution in [-0.2, 0) is 13.1 Å². The van der Waals surface area contributed by atoms with Crippen LogP contribution in [0.15, 0.2) is 35.1 Å². The smallest absolute Gasteiger partial charge is 0.120 e. The first-order valence-corrected chi connectivity index (χ1v) is 6.07. The number of nitrogens with one attached hydrogen (secondary N) is 1. The molecule has 5 nitrogen and oxygen atoms in total. The molecule has 0 spiro atoms. The van der Waals surface area contributed by atoms with Gasteiger partial charge in [0.25, 0.3) is 0 Å². The average Bonchev–Trinajstić information content (AvgIpc) is 2.82. The summed E-state index contributed by atoms with van der Waals surface area (Å²) in [4.78, 5) is 0. The summed E-state index contributed by atoms with van der Waals surface area (Å²) in [7, 11) is 0. The zero-order valence-electron chi connectivity index (χ0n) is 9.17. The van der Waals surface area contributed by atoms with Crippen molar-refractivity contribution in [2.45, 2.75) is 13.1 Å². The van der Waals surface area contributed by atoms with E-state index in [2.05, 4.69) is 31.6 Å². The van der Waals surface area contributed by atoms with Gasteiger partial charge in [0.1, 0.15) is 5.75 Å². The van der Waals surface area contributed by atoms with Gasteiger partial charge in [-0.3, -0.25) is 4.68 Å². The molecule has 17 heavy (non-hydrogen) atoms. The number of aromatic hydroxyl groups is 1. The Morgan fingerprint density at radius 3 is 3.06 bits per heavy atom. The normalized spacial score (nSPS) is 10.6. The molecule has 0 radical (unpaired) electrons. The molecule has 0 atom stereocenters. The molecule has 0 aliphatic rings. The average molecular weight is 297 g/mol. The summed E-state index contributed by atoms with van der Waals surface area (Å²) < 4.78 is 2.72. The third-order valence-corrected chi connectivity index (χ3v) is 2.84. The summed E-state index contributed by atoms with van der Waals surface area (Å²) in [6.07, 6.45) is 3.47. The minimum absolute atomic E-state index is 0.307. The Balaban J connectivity index is 1.80. The van der Waals surface area contributed by atoms with Crippen molar-refractivity contribution >= 4 is 15.9 Å². The van der Waals surface area contributed by atoms with Crippen molar-refractivity contribution in [3.8, 4) is 5.75 Å². The van der Waals surface area contributed by atoms with Crippen molar-refractivity contribution in [1.82, 2.24) is 20.3 Å². The van der Waals surface area contributed by atoms with Gasteiger partial charge in [-0.1, -0.05) is 21.1 Å². The maximum absolute atomic E-state index is 9.63. The van der Waals surface area contributed by atoms with Gasteiger partial charge in [-0.2, -0.15) is 0 Å². The summed E-state index contributed by atoms with van der Waals surface area (Å²) >= 11 is 3.38. The summed E-state index contributed by atoms with van der Waals surface area (Å²) in [5, 5.41) is 20.5. The number of phenols is 1. The molecule has 2 N–H and O–H groups in total. The van der Waals surface area contributed by atoms with Crippen LogP contribution in [0.25, 0.3) is 0 Å². The first kappa shape index (κ1) is 12.1. The third-order valence-electron chi connectivity index (χ3n) is 2.35. The number of halogens is 1. The Labute approximate surface area is 108 Å². The number of aromatic nitrogens is 3. The zero-order valence-corrected chi connectivity index (χ0v) is 10.8. The maximum atomic E-state index is 9.63. The Kier molecular flexibility index (Phi) is 4.11. The Morgan fingerprint density at radius 2 is 2.29 bits per heavy atom. The van der Waals surface area contributed by atoms with E-state index in [0.717, 1.165) is 23.1 Å². The van der Waals surface area contributed by atoms with Crippen molar-refractivity contribution in [3.05, 3.63) is 40.6 Å². The Morgan fingerprint density at radius 1 is 1.41 bits per heavy atom. The summed E-state index contributed by atoms with van der Waals surface area (Å²) in [6, 6.07) is 5.39. The van der Waals surface area contributed by atoms with E-state index < -0.39 is 0 Å². The van der Waals surface area contributed by atoms with E-state index in [1.165, 1.54) is 0 Å². The molecule has 0 unspecified atom stereocenters. The minimum atomic E-state index is 0.307. The van der Waals surface area contributed by atoms with Crippen LogP contribution in [0.3, 0.4) is 0 Å². The van der Waals surface area contributed by atoms with Crippen LogP contribution >= 0.6 is 15.9 Å². The SMILES string of the molecule is Oc1ccc(Br)cc1CNCCn1ccnn1. The highest BCUT2D eigenvalue weighted by Gasteiger charge is 2.01. The highest BCUT2D eigenvalue weighted by Crippen LogP contribution is 2.21. The van der Waals surface area contributed by atoms with Crippen LogP contribution in [0.5, 0.6) is 5.75 Å². The van der Waals surface area contributed by atoms with E-state index in [9.17, 15) is 5.11 Å². The fourth-order valence-electron chi connectivity index (χ4n) is 1.46. The van der Waals surface area contributed by atoms with E-state index in [0.29, 0.717) is 12.3 Å². The van der Waals surface area contributed by atoms with Gasteiger partial charge in [0, 0.05) is 29.3 Å². The van der Waals surface area contributed by atoms with Crippen LogP contribution in [0.1, 0.15) is 5.56 Å². The molecule has 90 valence electrons. The molecule has 2 rings (SSSR count). The number of rotatable bonds is 5. The third kappa shape index (κ3) is 3.54. The second-order valence-corrected chi connectivity index (χ2v) is 4.53. The Hall–Kier alpha value is -1.40. The molecule has 0 fully saturated rings. The first-order chi connectivity index (χ1) is 8.25. The van der Waals surface area contributed by atoms with Crippen molar-refractivity contribution in [2.24, 2.45) is 0 Å². The number of hydrogen-bond acceptors (Lipinski definition) is 4. The van der Waals surface area contributed by atoms with Crippen LogP contribution in [0.2, 0.25) is 0 Å². The van der Waals surface area contributed by atoms with Crippen LogP contribution < -0.4 is 5.32 Å². The largest absolute Gasteiger partial charge is 0.508 e. The lowest BCUT2D eigenvalue weighted by Crippen LogP contribution is -2.19. The predicted molar refractivity (Wildman–Crippen MR) is 67.5 cm³/mol. The fraction of sp³-hybridized carbons (Fsp3) is 0.273. The summed E-state index contributed by atoms with van der Waals surface area (Å²) in [6.45, 7) is 2.16. The van der Waals surface area contributed by atoms with Gasteiger partial charge >= 0.3 is 0 Å². The molecule has 0 amide bonds.